The first-order chi connectivity index (χ1) is 10.0. The number of nitrogens with one attached hydrogen (secondary N) is 1. The van der Waals surface area contributed by atoms with Crippen LogP contribution >= 0.6 is 22.7 Å². The van der Waals surface area contributed by atoms with E-state index in [2.05, 4.69) is 15.3 Å². The van der Waals surface area contributed by atoms with Crippen molar-refractivity contribution < 1.29 is 14.7 Å². The number of carbonyl (C=O) groups is 2. The van der Waals surface area contributed by atoms with Gasteiger partial charge in [-0.05, 0) is 25.1 Å². The molecule has 6 nitrogen and oxygen atoms in total. The number of anilines is 1. The van der Waals surface area contributed by atoms with Gasteiger partial charge >= 0.3 is 5.97 Å². The lowest BCUT2D eigenvalue weighted by Crippen LogP contribution is -2.09. The van der Waals surface area contributed by atoms with E-state index in [1.54, 1.807) is 12.1 Å². The summed E-state index contributed by atoms with van der Waals surface area (Å²) in [4.78, 5) is 31.7. The predicted octanol–water partition coefficient (Wildman–Crippen LogP) is 3.01. The molecule has 0 saturated heterocycles. The molecule has 3 rings (SSSR count). The van der Waals surface area contributed by atoms with Gasteiger partial charge in [-0.1, -0.05) is 11.3 Å². The van der Waals surface area contributed by atoms with Crippen LogP contribution in [0.5, 0.6) is 0 Å². The topological polar surface area (TPSA) is 92.2 Å². The summed E-state index contributed by atoms with van der Waals surface area (Å²) >= 11 is 2.54. The highest BCUT2D eigenvalue weighted by molar-refractivity contribution is 7.22. The second-order valence-electron chi connectivity index (χ2n) is 4.20. The lowest BCUT2D eigenvalue weighted by Gasteiger charge is -1.96. The van der Waals surface area contributed by atoms with Gasteiger partial charge in [-0.15, -0.1) is 11.3 Å². The number of thiazole rings is 2. The zero-order valence-electron chi connectivity index (χ0n) is 10.8. The van der Waals surface area contributed by atoms with Crippen LogP contribution in [0, 0.1) is 6.92 Å². The molecule has 2 N–H and O–H groups in total. The van der Waals surface area contributed by atoms with Crippen molar-refractivity contribution in [1.29, 1.82) is 0 Å². The normalized spacial score (nSPS) is 10.7. The van der Waals surface area contributed by atoms with Crippen molar-refractivity contribution in [3.8, 4) is 0 Å². The fourth-order valence-corrected chi connectivity index (χ4v) is 3.31. The molecule has 0 aliphatic heterocycles. The Morgan fingerprint density at radius 3 is 2.76 bits per heavy atom. The number of carboxylic acid groups (broad SMARTS) is 1. The maximum atomic E-state index is 12.0. The highest BCUT2D eigenvalue weighted by Crippen LogP contribution is 2.27. The molecular weight excluding hydrogens is 310 g/mol. The molecule has 0 bridgehead atoms. The van der Waals surface area contributed by atoms with Crippen LogP contribution in [0.1, 0.15) is 25.0 Å². The number of carbonyl (C=O) groups excluding carboxylic acids is 1. The minimum atomic E-state index is -0.990. The Morgan fingerprint density at radius 2 is 2.10 bits per heavy atom. The monoisotopic (exact) mass is 319 g/mol. The number of aromatic nitrogens is 2. The summed E-state index contributed by atoms with van der Waals surface area (Å²) in [5.74, 6) is -1.26. The Labute approximate surface area is 127 Å². The second-order valence-corrected chi connectivity index (χ2v) is 6.47. The van der Waals surface area contributed by atoms with E-state index >= 15 is 0 Å². The van der Waals surface area contributed by atoms with Crippen molar-refractivity contribution in [2.24, 2.45) is 0 Å². The maximum Gasteiger partial charge on any atom is 0.335 e. The fourth-order valence-electron chi connectivity index (χ4n) is 1.74. The Bertz CT molecular complexity index is 853. The van der Waals surface area contributed by atoms with Gasteiger partial charge in [-0.2, -0.15) is 0 Å². The molecule has 1 aromatic carbocycles. The van der Waals surface area contributed by atoms with Crippen LogP contribution in [0.4, 0.5) is 5.13 Å². The standard InChI is InChI=1S/C13H9N3O3S2/c1-6-14-5-10(20-6)11(17)16-13-15-8-3-2-7(12(18)19)4-9(8)21-13/h2-5H,1H3,(H,18,19)(H,15,16,17). The summed E-state index contributed by atoms with van der Waals surface area (Å²) in [5.41, 5.74) is 0.850. The highest BCUT2D eigenvalue weighted by Gasteiger charge is 2.13. The molecule has 21 heavy (non-hydrogen) atoms. The Morgan fingerprint density at radius 1 is 1.29 bits per heavy atom. The van der Waals surface area contributed by atoms with E-state index in [4.69, 9.17) is 5.11 Å². The van der Waals surface area contributed by atoms with Crippen molar-refractivity contribution in [2.75, 3.05) is 5.32 Å². The molecule has 0 aliphatic carbocycles. The number of carboxylic acids is 1. The van der Waals surface area contributed by atoms with Crippen LogP contribution in [-0.2, 0) is 0 Å². The van der Waals surface area contributed by atoms with Crippen LogP contribution < -0.4 is 5.32 Å². The molecule has 0 aliphatic rings. The van der Waals surface area contributed by atoms with Gasteiger partial charge in [-0.25, -0.2) is 14.8 Å². The molecule has 106 valence electrons. The Hall–Kier alpha value is -2.32. The summed E-state index contributed by atoms with van der Waals surface area (Å²) in [6, 6.07) is 4.66. The number of nitrogens with zero attached hydrogens (tertiary/aromatic N) is 2. The highest BCUT2D eigenvalue weighted by atomic mass is 32.1. The average molecular weight is 319 g/mol. The van der Waals surface area contributed by atoms with Crippen molar-refractivity contribution >= 4 is 49.9 Å². The van der Waals surface area contributed by atoms with Crippen LogP contribution in [0.25, 0.3) is 10.2 Å². The minimum Gasteiger partial charge on any atom is -0.478 e. The van der Waals surface area contributed by atoms with Crippen LogP contribution in [-0.4, -0.2) is 27.0 Å². The molecule has 0 fully saturated rings. The first kappa shape index (κ1) is 13.7. The van der Waals surface area contributed by atoms with Gasteiger partial charge in [0.25, 0.3) is 5.91 Å². The molecule has 0 saturated carbocycles. The minimum absolute atomic E-state index is 0.196. The number of amides is 1. The third-order valence-electron chi connectivity index (χ3n) is 2.70. The van der Waals surface area contributed by atoms with Gasteiger partial charge in [0.2, 0.25) is 0 Å². The molecule has 1 amide bonds. The number of fused-ring (bicyclic) bond motifs is 1. The smallest absolute Gasteiger partial charge is 0.335 e. The van der Waals surface area contributed by atoms with Gasteiger partial charge in [0.15, 0.2) is 5.13 Å². The number of rotatable bonds is 3. The van der Waals surface area contributed by atoms with Gasteiger partial charge in [0.1, 0.15) is 4.88 Å². The number of hydrogen-bond donors (Lipinski definition) is 2. The second kappa shape index (κ2) is 5.23. The van der Waals surface area contributed by atoms with Crippen molar-refractivity contribution in [2.45, 2.75) is 6.92 Å². The number of aromatic carboxylic acids is 1. The first-order valence-electron chi connectivity index (χ1n) is 5.90. The van der Waals surface area contributed by atoms with E-state index in [1.165, 1.54) is 34.9 Å². The molecule has 0 unspecified atom stereocenters. The summed E-state index contributed by atoms with van der Waals surface area (Å²) in [7, 11) is 0. The third-order valence-corrected chi connectivity index (χ3v) is 4.55. The Balaban J connectivity index is 1.87. The summed E-state index contributed by atoms with van der Waals surface area (Å²) < 4.78 is 0.714. The fraction of sp³-hybridized carbons (Fsp3) is 0.0769. The molecule has 0 radical (unpaired) electrons. The lowest BCUT2D eigenvalue weighted by molar-refractivity contribution is 0.0697. The molecule has 0 spiro atoms. The van der Waals surface area contributed by atoms with Gasteiger partial charge < -0.3 is 5.11 Å². The van der Waals surface area contributed by atoms with Crippen LogP contribution in [0.15, 0.2) is 24.4 Å². The van der Waals surface area contributed by atoms with E-state index < -0.39 is 5.97 Å². The first-order valence-corrected chi connectivity index (χ1v) is 7.54. The molecule has 2 heterocycles. The van der Waals surface area contributed by atoms with E-state index in [-0.39, 0.29) is 11.5 Å². The molecular formula is C13H9N3O3S2. The van der Waals surface area contributed by atoms with E-state index in [0.29, 0.717) is 20.2 Å². The SMILES string of the molecule is Cc1ncc(C(=O)Nc2nc3ccc(C(=O)O)cc3s2)s1. The predicted molar refractivity (Wildman–Crippen MR) is 81.4 cm³/mol. The zero-order valence-corrected chi connectivity index (χ0v) is 12.4. The van der Waals surface area contributed by atoms with Crippen LogP contribution in [0.3, 0.4) is 0 Å². The molecule has 8 heteroatoms. The van der Waals surface area contributed by atoms with Gasteiger partial charge in [0.05, 0.1) is 27.0 Å². The molecule has 3 aromatic rings. The molecule has 0 atom stereocenters. The van der Waals surface area contributed by atoms with Gasteiger partial charge in [0, 0.05) is 0 Å². The van der Waals surface area contributed by atoms with E-state index in [0.717, 1.165) is 5.01 Å². The zero-order chi connectivity index (χ0) is 15.0. The largest absolute Gasteiger partial charge is 0.478 e. The third kappa shape index (κ3) is 2.76. The number of benzene rings is 1. The quantitative estimate of drug-likeness (QED) is 0.774. The summed E-state index contributed by atoms with van der Waals surface area (Å²) in [5, 5.41) is 12.9. The maximum absolute atomic E-state index is 12.0. The van der Waals surface area contributed by atoms with E-state index in [9.17, 15) is 9.59 Å². The summed E-state index contributed by atoms with van der Waals surface area (Å²) in [6.07, 6.45) is 1.52. The average Bonchev–Trinajstić information content (AvgIpc) is 3.03. The van der Waals surface area contributed by atoms with Crippen molar-refractivity contribution in [3.05, 3.63) is 39.8 Å². The Kier molecular flexibility index (Phi) is 3.40. The summed E-state index contributed by atoms with van der Waals surface area (Å²) in [6.45, 7) is 1.83. The van der Waals surface area contributed by atoms with Crippen molar-refractivity contribution in [3.63, 3.8) is 0 Å². The van der Waals surface area contributed by atoms with Crippen molar-refractivity contribution in [1.82, 2.24) is 9.97 Å². The number of aryl methyl sites for hydroxylation is 1. The molecule has 2 aromatic heterocycles. The lowest BCUT2D eigenvalue weighted by atomic mass is 10.2. The number of hydrogen-bond acceptors (Lipinski definition) is 6. The van der Waals surface area contributed by atoms with Crippen LogP contribution in [0.2, 0.25) is 0 Å². The van der Waals surface area contributed by atoms with Gasteiger partial charge in [-0.3, -0.25) is 10.1 Å². The van der Waals surface area contributed by atoms with E-state index in [1.807, 2.05) is 6.92 Å².